The molecule has 30 heavy (non-hydrogen) atoms. The molecule has 0 spiro atoms. The number of nitrogens with zero attached hydrogens (tertiary/aromatic N) is 3. The summed E-state index contributed by atoms with van der Waals surface area (Å²) in [7, 11) is 0. The van der Waals surface area contributed by atoms with Gasteiger partial charge in [0.15, 0.2) is 5.78 Å². The van der Waals surface area contributed by atoms with Crippen molar-refractivity contribution in [2.75, 3.05) is 24.8 Å². The molecule has 3 aliphatic heterocycles. The van der Waals surface area contributed by atoms with Gasteiger partial charge in [0.25, 0.3) is 0 Å². The van der Waals surface area contributed by atoms with Crippen LogP contribution in [0.3, 0.4) is 0 Å². The number of aliphatic hydroxyl groups excluding tert-OH is 1. The van der Waals surface area contributed by atoms with Gasteiger partial charge in [-0.2, -0.15) is 0 Å². The molecule has 0 bridgehead atoms. The van der Waals surface area contributed by atoms with Crippen LogP contribution in [0.4, 0.5) is 5.69 Å². The zero-order valence-electron chi connectivity index (χ0n) is 17.6. The molecule has 1 atom stereocenters. The van der Waals surface area contributed by atoms with Crippen LogP contribution in [0.1, 0.15) is 48.3 Å². The van der Waals surface area contributed by atoms with Crippen LogP contribution in [-0.2, 0) is 6.61 Å². The number of benzene rings is 2. The van der Waals surface area contributed by atoms with E-state index in [4.69, 9.17) is 4.74 Å². The van der Waals surface area contributed by atoms with Gasteiger partial charge >= 0.3 is 0 Å². The second-order valence-corrected chi connectivity index (χ2v) is 8.76. The van der Waals surface area contributed by atoms with Crippen molar-refractivity contribution in [3.05, 3.63) is 70.8 Å². The van der Waals surface area contributed by atoms with Crippen molar-refractivity contribution in [1.29, 1.82) is 0 Å². The molecule has 5 rings (SSSR count). The molecule has 6 heteroatoms. The molecule has 0 saturated carbocycles. The molecule has 0 amide bonds. The monoisotopic (exact) mass is 405 g/mol. The van der Waals surface area contributed by atoms with Gasteiger partial charge in [-0.15, -0.1) is 0 Å². The minimum atomic E-state index is -0.408. The van der Waals surface area contributed by atoms with Crippen molar-refractivity contribution < 1.29 is 14.6 Å². The Morgan fingerprint density at radius 1 is 1.17 bits per heavy atom. The molecule has 0 aromatic heterocycles. The molecule has 0 radical (unpaired) electrons. The summed E-state index contributed by atoms with van der Waals surface area (Å²) in [5.74, 6) is 0.932. The van der Waals surface area contributed by atoms with Crippen LogP contribution in [0.5, 0.6) is 5.75 Å². The zero-order chi connectivity index (χ0) is 21.0. The van der Waals surface area contributed by atoms with Crippen LogP contribution >= 0.6 is 0 Å². The number of hydrogen-bond donors (Lipinski definition) is 1. The van der Waals surface area contributed by atoms with Gasteiger partial charge in [0.05, 0.1) is 26.0 Å². The first-order valence-corrected chi connectivity index (χ1v) is 10.4. The highest BCUT2D eigenvalue weighted by molar-refractivity contribution is 5.94. The number of anilines is 1. The SMILES string of the molecule is CC(=O)c1ccc(N2CN3CC=C4C(c5ccc(CO)cc5OC4(C)C)N3C2)cc1. The van der Waals surface area contributed by atoms with Crippen molar-refractivity contribution in [2.24, 2.45) is 0 Å². The number of Topliss-reactive ketones (excluding diaryl/α,β-unsaturated/α-hetero) is 1. The summed E-state index contributed by atoms with van der Waals surface area (Å²) >= 11 is 0. The van der Waals surface area contributed by atoms with Crippen LogP contribution in [0.25, 0.3) is 0 Å². The molecule has 1 fully saturated rings. The van der Waals surface area contributed by atoms with Gasteiger partial charge in [-0.1, -0.05) is 18.2 Å². The summed E-state index contributed by atoms with van der Waals surface area (Å²) in [6.45, 7) is 8.23. The van der Waals surface area contributed by atoms with Crippen LogP contribution in [0.2, 0.25) is 0 Å². The number of hydrazine groups is 1. The van der Waals surface area contributed by atoms with E-state index in [0.29, 0.717) is 0 Å². The summed E-state index contributed by atoms with van der Waals surface area (Å²) < 4.78 is 6.36. The lowest BCUT2D eigenvalue weighted by atomic mass is 9.82. The molecule has 2 aromatic rings. The fraction of sp³-hybridized carbons (Fsp3) is 0.375. The summed E-state index contributed by atoms with van der Waals surface area (Å²) in [6, 6.07) is 14.0. The number of aliphatic hydroxyl groups is 1. The second-order valence-electron chi connectivity index (χ2n) is 8.76. The normalized spacial score (nSPS) is 22.6. The quantitative estimate of drug-likeness (QED) is 0.623. The van der Waals surface area contributed by atoms with E-state index in [1.807, 2.05) is 36.4 Å². The number of carbonyl (C=O) groups is 1. The molecule has 1 N–H and O–H groups in total. The van der Waals surface area contributed by atoms with Crippen molar-refractivity contribution in [3.63, 3.8) is 0 Å². The number of ether oxygens (including phenoxy) is 1. The third kappa shape index (κ3) is 3.03. The van der Waals surface area contributed by atoms with Gasteiger partial charge in [-0.3, -0.25) is 4.79 Å². The smallest absolute Gasteiger partial charge is 0.159 e. The van der Waals surface area contributed by atoms with Gasteiger partial charge < -0.3 is 14.7 Å². The third-order valence-electron chi connectivity index (χ3n) is 6.38. The van der Waals surface area contributed by atoms with E-state index in [9.17, 15) is 9.90 Å². The summed E-state index contributed by atoms with van der Waals surface area (Å²) in [6.07, 6.45) is 2.30. The van der Waals surface area contributed by atoms with Gasteiger partial charge in [0, 0.05) is 23.4 Å². The minimum absolute atomic E-state index is 0.00427. The highest BCUT2D eigenvalue weighted by atomic mass is 16.5. The standard InChI is InChI=1S/C24H27N3O3/c1-16(29)18-5-7-19(8-6-18)25-14-26-11-10-21-23(27(26)15-25)20-9-4-17(13-28)12-22(20)30-24(21,2)3/h4-10,12,23,28H,11,13-15H2,1-3H3. The summed E-state index contributed by atoms with van der Waals surface area (Å²) in [5, 5.41) is 14.3. The predicted molar refractivity (Wildman–Crippen MR) is 115 cm³/mol. The van der Waals surface area contributed by atoms with Gasteiger partial charge in [-0.05, 0) is 62.2 Å². The topological polar surface area (TPSA) is 56.3 Å². The number of fused-ring (bicyclic) bond motifs is 5. The second kappa shape index (κ2) is 6.94. The Balaban J connectivity index is 1.49. The molecule has 6 nitrogen and oxygen atoms in total. The molecular weight excluding hydrogens is 378 g/mol. The third-order valence-corrected chi connectivity index (χ3v) is 6.38. The van der Waals surface area contributed by atoms with E-state index in [-0.39, 0.29) is 18.4 Å². The zero-order valence-corrected chi connectivity index (χ0v) is 17.6. The summed E-state index contributed by atoms with van der Waals surface area (Å²) in [5.41, 5.74) is 4.71. The van der Waals surface area contributed by atoms with Crippen LogP contribution < -0.4 is 9.64 Å². The predicted octanol–water partition coefficient (Wildman–Crippen LogP) is 3.49. The summed E-state index contributed by atoms with van der Waals surface area (Å²) in [4.78, 5) is 13.9. The van der Waals surface area contributed by atoms with E-state index >= 15 is 0 Å². The molecule has 1 unspecified atom stereocenters. The first-order valence-electron chi connectivity index (χ1n) is 10.4. The Morgan fingerprint density at radius 2 is 1.93 bits per heavy atom. The number of ketones is 1. The highest BCUT2D eigenvalue weighted by Gasteiger charge is 2.47. The number of hydrogen-bond acceptors (Lipinski definition) is 6. The maximum Gasteiger partial charge on any atom is 0.159 e. The molecular formula is C24H27N3O3. The molecule has 1 saturated heterocycles. The van der Waals surface area contributed by atoms with Crippen LogP contribution in [0, 0.1) is 0 Å². The lowest BCUT2D eigenvalue weighted by molar-refractivity contribution is -0.0297. The molecule has 3 aliphatic rings. The van der Waals surface area contributed by atoms with Gasteiger partial charge in [0.2, 0.25) is 0 Å². The van der Waals surface area contributed by atoms with Gasteiger partial charge in [-0.25, -0.2) is 10.0 Å². The Bertz CT molecular complexity index is 1030. The lowest BCUT2D eigenvalue weighted by Crippen LogP contribution is -2.51. The first kappa shape index (κ1) is 19.3. The first-order chi connectivity index (χ1) is 14.4. The van der Waals surface area contributed by atoms with E-state index in [1.165, 1.54) is 5.57 Å². The van der Waals surface area contributed by atoms with Crippen molar-refractivity contribution in [3.8, 4) is 5.75 Å². The fourth-order valence-electron chi connectivity index (χ4n) is 4.77. The van der Waals surface area contributed by atoms with E-state index < -0.39 is 5.60 Å². The largest absolute Gasteiger partial charge is 0.483 e. The van der Waals surface area contributed by atoms with Crippen molar-refractivity contribution in [2.45, 2.75) is 39.0 Å². The molecule has 2 aromatic carbocycles. The Morgan fingerprint density at radius 3 is 2.63 bits per heavy atom. The molecule has 156 valence electrons. The highest BCUT2D eigenvalue weighted by Crippen LogP contribution is 2.49. The lowest BCUT2D eigenvalue weighted by Gasteiger charge is -2.48. The van der Waals surface area contributed by atoms with E-state index in [2.05, 4.69) is 40.9 Å². The number of rotatable bonds is 3. The van der Waals surface area contributed by atoms with Crippen molar-refractivity contribution >= 4 is 11.5 Å². The molecule has 3 heterocycles. The Kier molecular flexibility index (Phi) is 4.47. The van der Waals surface area contributed by atoms with Gasteiger partial charge in [0.1, 0.15) is 11.4 Å². The average Bonchev–Trinajstić information content (AvgIpc) is 3.17. The minimum Gasteiger partial charge on any atom is -0.483 e. The maximum absolute atomic E-state index is 11.6. The van der Waals surface area contributed by atoms with E-state index in [0.717, 1.165) is 48.0 Å². The van der Waals surface area contributed by atoms with Crippen LogP contribution in [-0.4, -0.2) is 46.4 Å². The van der Waals surface area contributed by atoms with E-state index in [1.54, 1.807) is 6.92 Å². The maximum atomic E-state index is 11.6. The van der Waals surface area contributed by atoms with Crippen molar-refractivity contribution in [1.82, 2.24) is 10.0 Å². The Labute approximate surface area is 176 Å². The van der Waals surface area contributed by atoms with Crippen LogP contribution in [0.15, 0.2) is 54.1 Å². The average molecular weight is 405 g/mol. The Hall–Kier alpha value is -2.67. The number of carbonyl (C=O) groups excluding carboxylic acids is 1. The fourth-order valence-corrected chi connectivity index (χ4v) is 4.77. The molecule has 0 aliphatic carbocycles.